The molecule has 2 rings (SSSR count). The number of anilines is 1. The van der Waals surface area contributed by atoms with Crippen LogP contribution in [-0.4, -0.2) is 17.0 Å². The lowest BCUT2D eigenvalue weighted by atomic mass is 9.81. The van der Waals surface area contributed by atoms with Crippen LogP contribution < -0.4 is 5.32 Å². The molecule has 0 radical (unpaired) electrons. The van der Waals surface area contributed by atoms with Crippen LogP contribution in [0.3, 0.4) is 0 Å². The Morgan fingerprint density at radius 2 is 2.00 bits per heavy atom. The van der Waals surface area contributed by atoms with E-state index in [-0.39, 0.29) is 11.8 Å². The summed E-state index contributed by atoms with van der Waals surface area (Å²) in [5, 5.41) is 12.4. The highest BCUT2D eigenvalue weighted by atomic mass is 35.5. The van der Waals surface area contributed by atoms with Gasteiger partial charge in [0.05, 0.1) is 16.6 Å². The third kappa shape index (κ3) is 3.51. The molecule has 0 spiro atoms. The maximum absolute atomic E-state index is 12.2. The van der Waals surface area contributed by atoms with Crippen LogP contribution >= 0.6 is 11.6 Å². The number of amides is 1. The van der Waals surface area contributed by atoms with Gasteiger partial charge in [0.2, 0.25) is 5.91 Å². The molecule has 1 saturated carbocycles. The van der Waals surface area contributed by atoms with Gasteiger partial charge in [-0.25, -0.2) is 0 Å². The molecule has 2 unspecified atom stereocenters. The van der Waals surface area contributed by atoms with Crippen LogP contribution in [0.15, 0.2) is 18.2 Å². The normalized spacial score (nSPS) is 22.3. The Morgan fingerprint density at radius 3 is 2.70 bits per heavy atom. The first kappa shape index (κ1) is 14.9. The summed E-state index contributed by atoms with van der Waals surface area (Å²) < 4.78 is 0. The molecule has 5 heteroatoms. The summed E-state index contributed by atoms with van der Waals surface area (Å²) in [4.78, 5) is 23.3. The van der Waals surface area contributed by atoms with E-state index >= 15 is 0 Å². The van der Waals surface area contributed by atoms with Crippen molar-refractivity contribution in [3.8, 4) is 0 Å². The second-order valence-electron chi connectivity index (χ2n) is 5.37. The van der Waals surface area contributed by atoms with Crippen LogP contribution in [0.2, 0.25) is 5.02 Å². The number of rotatable bonds is 3. The van der Waals surface area contributed by atoms with Crippen LogP contribution in [0.25, 0.3) is 0 Å². The van der Waals surface area contributed by atoms with Gasteiger partial charge in [0, 0.05) is 5.92 Å². The molecule has 108 valence electrons. The molecule has 1 amide bonds. The SMILES string of the molecule is Cc1ccc(Cl)c(NC(=O)C2CCCC(C(=O)O)C2)c1. The number of carboxylic acid groups (broad SMARTS) is 1. The zero-order chi connectivity index (χ0) is 14.7. The Kier molecular flexibility index (Phi) is 4.65. The summed E-state index contributed by atoms with van der Waals surface area (Å²) in [6.07, 6.45) is 2.57. The number of benzene rings is 1. The monoisotopic (exact) mass is 295 g/mol. The Balaban J connectivity index is 2.04. The van der Waals surface area contributed by atoms with Gasteiger partial charge in [-0.3, -0.25) is 9.59 Å². The first-order valence-electron chi connectivity index (χ1n) is 6.77. The molecule has 1 aromatic rings. The van der Waals surface area contributed by atoms with E-state index in [0.717, 1.165) is 18.4 Å². The fourth-order valence-electron chi connectivity index (χ4n) is 2.62. The fraction of sp³-hybridized carbons (Fsp3) is 0.467. The van der Waals surface area contributed by atoms with E-state index in [4.69, 9.17) is 16.7 Å². The van der Waals surface area contributed by atoms with Crippen molar-refractivity contribution in [3.63, 3.8) is 0 Å². The molecule has 1 aromatic carbocycles. The van der Waals surface area contributed by atoms with Gasteiger partial charge in [-0.05, 0) is 43.9 Å². The van der Waals surface area contributed by atoms with E-state index in [2.05, 4.69) is 5.32 Å². The molecule has 20 heavy (non-hydrogen) atoms. The van der Waals surface area contributed by atoms with Gasteiger partial charge in [0.25, 0.3) is 0 Å². The zero-order valence-corrected chi connectivity index (χ0v) is 12.1. The molecular formula is C15H18ClNO3. The molecule has 0 bridgehead atoms. The van der Waals surface area contributed by atoms with Crippen molar-refractivity contribution in [3.05, 3.63) is 28.8 Å². The quantitative estimate of drug-likeness (QED) is 0.897. The van der Waals surface area contributed by atoms with Gasteiger partial charge in [-0.15, -0.1) is 0 Å². The van der Waals surface area contributed by atoms with Crippen LogP contribution in [0, 0.1) is 18.8 Å². The van der Waals surface area contributed by atoms with Crippen LogP contribution in [0.1, 0.15) is 31.2 Å². The molecule has 1 fully saturated rings. The van der Waals surface area contributed by atoms with E-state index in [1.54, 1.807) is 6.07 Å². The minimum absolute atomic E-state index is 0.136. The summed E-state index contributed by atoms with van der Waals surface area (Å²) in [6.45, 7) is 1.92. The maximum Gasteiger partial charge on any atom is 0.306 e. The summed E-state index contributed by atoms with van der Waals surface area (Å²) in [7, 11) is 0. The van der Waals surface area contributed by atoms with Crippen molar-refractivity contribution in [2.75, 3.05) is 5.32 Å². The number of carboxylic acids is 1. The van der Waals surface area contributed by atoms with Crippen molar-refractivity contribution in [1.29, 1.82) is 0 Å². The lowest BCUT2D eigenvalue weighted by Gasteiger charge is -2.25. The third-order valence-corrected chi connectivity index (χ3v) is 4.10. The number of carbonyl (C=O) groups excluding carboxylic acids is 1. The Morgan fingerprint density at radius 1 is 1.30 bits per heavy atom. The first-order valence-corrected chi connectivity index (χ1v) is 7.15. The van der Waals surface area contributed by atoms with E-state index in [1.165, 1.54) is 0 Å². The number of hydrogen-bond acceptors (Lipinski definition) is 2. The Labute approximate surface area is 123 Å². The highest BCUT2D eigenvalue weighted by Gasteiger charge is 2.31. The van der Waals surface area contributed by atoms with E-state index in [9.17, 15) is 9.59 Å². The lowest BCUT2D eigenvalue weighted by molar-refractivity contribution is -0.143. The predicted molar refractivity (Wildman–Crippen MR) is 77.9 cm³/mol. The molecule has 0 saturated heterocycles. The summed E-state index contributed by atoms with van der Waals surface area (Å²) in [5.41, 5.74) is 1.60. The van der Waals surface area contributed by atoms with Gasteiger partial charge < -0.3 is 10.4 Å². The van der Waals surface area contributed by atoms with Crippen molar-refractivity contribution in [1.82, 2.24) is 0 Å². The second kappa shape index (κ2) is 6.27. The molecule has 0 aromatic heterocycles. The average Bonchev–Trinajstić information content (AvgIpc) is 2.43. The second-order valence-corrected chi connectivity index (χ2v) is 5.78. The minimum atomic E-state index is -0.809. The summed E-state index contributed by atoms with van der Waals surface area (Å²) in [5.74, 6) is -1.60. The van der Waals surface area contributed by atoms with E-state index in [0.29, 0.717) is 23.6 Å². The number of halogens is 1. The topological polar surface area (TPSA) is 66.4 Å². The van der Waals surface area contributed by atoms with Gasteiger partial charge in [0.15, 0.2) is 0 Å². The standard InChI is InChI=1S/C15H18ClNO3/c1-9-5-6-12(16)13(7-9)17-14(18)10-3-2-4-11(8-10)15(19)20/h5-7,10-11H,2-4,8H2,1H3,(H,17,18)(H,19,20). The number of nitrogens with one attached hydrogen (secondary N) is 1. The molecule has 4 nitrogen and oxygen atoms in total. The van der Waals surface area contributed by atoms with Crippen LogP contribution in [0.5, 0.6) is 0 Å². The van der Waals surface area contributed by atoms with E-state index in [1.807, 2.05) is 19.1 Å². The Bertz CT molecular complexity index is 530. The van der Waals surface area contributed by atoms with Crippen LogP contribution in [-0.2, 0) is 9.59 Å². The van der Waals surface area contributed by atoms with Crippen molar-refractivity contribution < 1.29 is 14.7 Å². The number of aliphatic carboxylic acids is 1. The lowest BCUT2D eigenvalue weighted by Crippen LogP contribution is -2.31. The van der Waals surface area contributed by atoms with Gasteiger partial charge in [0.1, 0.15) is 0 Å². The van der Waals surface area contributed by atoms with Crippen LogP contribution in [0.4, 0.5) is 5.69 Å². The fourth-order valence-corrected chi connectivity index (χ4v) is 2.79. The van der Waals surface area contributed by atoms with Gasteiger partial charge >= 0.3 is 5.97 Å². The number of carbonyl (C=O) groups is 2. The molecule has 1 aliphatic rings. The predicted octanol–water partition coefficient (Wildman–Crippen LogP) is 3.48. The highest BCUT2D eigenvalue weighted by Crippen LogP contribution is 2.31. The largest absolute Gasteiger partial charge is 0.481 e. The van der Waals surface area contributed by atoms with E-state index < -0.39 is 11.9 Å². The van der Waals surface area contributed by atoms with Crippen molar-refractivity contribution >= 4 is 29.2 Å². The number of aryl methyl sites for hydroxylation is 1. The maximum atomic E-state index is 12.2. The average molecular weight is 296 g/mol. The Hall–Kier alpha value is -1.55. The molecule has 2 atom stereocenters. The molecule has 1 aliphatic carbocycles. The summed E-state index contributed by atoms with van der Waals surface area (Å²) >= 11 is 6.05. The van der Waals surface area contributed by atoms with Gasteiger partial charge in [-0.2, -0.15) is 0 Å². The highest BCUT2D eigenvalue weighted by molar-refractivity contribution is 6.33. The molecule has 0 heterocycles. The van der Waals surface area contributed by atoms with Gasteiger partial charge in [-0.1, -0.05) is 24.1 Å². The third-order valence-electron chi connectivity index (χ3n) is 3.77. The molecule has 2 N–H and O–H groups in total. The number of hydrogen-bond donors (Lipinski definition) is 2. The summed E-state index contributed by atoms with van der Waals surface area (Å²) in [6, 6.07) is 5.43. The molecular weight excluding hydrogens is 278 g/mol. The zero-order valence-electron chi connectivity index (χ0n) is 11.4. The van der Waals surface area contributed by atoms with Crippen molar-refractivity contribution in [2.24, 2.45) is 11.8 Å². The smallest absolute Gasteiger partial charge is 0.306 e. The molecule has 0 aliphatic heterocycles. The first-order chi connectivity index (χ1) is 9.47. The van der Waals surface area contributed by atoms with Crippen molar-refractivity contribution in [2.45, 2.75) is 32.6 Å². The minimum Gasteiger partial charge on any atom is -0.481 e.